The van der Waals surface area contributed by atoms with Crippen molar-refractivity contribution in [1.29, 1.82) is 0 Å². The minimum atomic E-state index is 0.659. The summed E-state index contributed by atoms with van der Waals surface area (Å²) < 4.78 is 2.03. The molecular weight excluding hydrogens is 246 g/mol. The van der Waals surface area contributed by atoms with Gasteiger partial charge in [0.2, 0.25) is 0 Å². The summed E-state index contributed by atoms with van der Waals surface area (Å²) in [7, 11) is 1.98. The van der Waals surface area contributed by atoms with E-state index in [0.717, 1.165) is 22.4 Å². The van der Waals surface area contributed by atoms with Gasteiger partial charge < -0.3 is 10.3 Å². The summed E-state index contributed by atoms with van der Waals surface area (Å²) in [6.07, 6.45) is 0. The fourth-order valence-corrected chi connectivity index (χ4v) is 2.28. The van der Waals surface area contributed by atoms with E-state index in [1.54, 1.807) is 12.1 Å². The number of anilines is 1. The van der Waals surface area contributed by atoms with Crippen LogP contribution in [0, 0.1) is 0 Å². The zero-order valence-corrected chi connectivity index (χ0v) is 10.6. The molecule has 0 spiro atoms. The Hall–Kier alpha value is -2.00. The van der Waals surface area contributed by atoms with Crippen molar-refractivity contribution in [1.82, 2.24) is 9.55 Å². The third kappa shape index (κ3) is 1.64. The van der Waals surface area contributed by atoms with Crippen molar-refractivity contribution in [3.63, 3.8) is 0 Å². The van der Waals surface area contributed by atoms with Gasteiger partial charge in [0, 0.05) is 23.3 Å². The minimum absolute atomic E-state index is 0.659. The Morgan fingerprint density at radius 1 is 1.17 bits per heavy atom. The van der Waals surface area contributed by atoms with Crippen molar-refractivity contribution in [2.75, 3.05) is 5.73 Å². The number of halogens is 1. The molecule has 0 fully saturated rings. The highest BCUT2D eigenvalue weighted by Crippen LogP contribution is 2.30. The van der Waals surface area contributed by atoms with Crippen LogP contribution >= 0.6 is 11.6 Å². The number of benzene rings is 2. The second kappa shape index (κ2) is 4.03. The van der Waals surface area contributed by atoms with E-state index in [0.29, 0.717) is 10.7 Å². The van der Waals surface area contributed by atoms with Crippen LogP contribution in [0.4, 0.5) is 5.69 Å². The Balaban J connectivity index is 2.31. The Kier molecular flexibility index (Phi) is 2.49. The van der Waals surface area contributed by atoms with Gasteiger partial charge in [-0.1, -0.05) is 23.7 Å². The molecule has 3 nitrogen and oxygen atoms in total. The summed E-state index contributed by atoms with van der Waals surface area (Å²) in [6.45, 7) is 0. The van der Waals surface area contributed by atoms with Gasteiger partial charge in [-0.3, -0.25) is 0 Å². The third-order valence-corrected chi connectivity index (χ3v) is 3.28. The zero-order chi connectivity index (χ0) is 12.7. The van der Waals surface area contributed by atoms with Crippen LogP contribution in [0.3, 0.4) is 0 Å². The highest BCUT2D eigenvalue weighted by atomic mass is 35.5. The summed E-state index contributed by atoms with van der Waals surface area (Å²) >= 11 is 6.03. The predicted octanol–water partition coefficient (Wildman–Crippen LogP) is 3.48. The molecule has 0 aliphatic rings. The van der Waals surface area contributed by atoms with Gasteiger partial charge in [0.05, 0.1) is 11.0 Å². The van der Waals surface area contributed by atoms with Gasteiger partial charge in [-0.05, 0) is 30.3 Å². The molecule has 2 aromatic carbocycles. The van der Waals surface area contributed by atoms with Crippen molar-refractivity contribution in [2.45, 2.75) is 0 Å². The lowest BCUT2D eigenvalue weighted by Gasteiger charge is -2.06. The number of nitrogens with zero attached hydrogens (tertiary/aromatic N) is 2. The fraction of sp³-hybridized carbons (Fsp3) is 0.0714. The highest BCUT2D eigenvalue weighted by molar-refractivity contribution is 6.31. The fourth-order valence-electron chi connectivity index (χ4n) is 2.11. The van der Waals surface area contributed by atoms with Crippen LogP contribution in [0.15, 0.2) is 42.5 Å². The van der Waals surface area contributed by atoms with Gasteiger partial charge in [0.15, 0.2) is 0 Å². The topological polar surface area (TPSA) is 43.8 Å². The summed E-state index contributed by atoms with van der Waals surface area (Å²) in [5, 5.41) is 0.659. The van der Waals surface area contributed by atoms with Gasteiger partial charge in [0.25, 0.3) is 0 Å². The SMILES string of the molecule is Cn1c(-c2cc(Cl)ccc2N)nc2ccccc21. The molecule has 0 unspecified atom stereocenters. The average molecular weight is 258 g/mol. The lowest BCUT2D eigenvalue weighted by Crippen LogP contribution is -1.96. The third-order valence-electron chi connectivity index (χ3n) is 3.04. The molecule has 0 amide bonds. The van der Waals surface area contributed by atoms with Gasteiger partial charge in [-0.25, -0.2) is 4.98 Å². The molecule has 0 radical (unpaired) electrons. The number of rotatable bonds is 1. The van der Waals surface area contributed by atoms with Crippen molar-refractivity contribution in [3.05, 3.63) is 47.5 Å². The Labute approximate surface area is 110 Å². The number of aryl methyl sites for hydroxylation is 1. The number of nitrogens with two attached hydrogens (primary N) is 1. The second-order valence-electron chi connectivity index (χ2n) is 4.21. The first kappa shape index (κ1) is 11.1. The molecule has 0 atom stereocenters. The molecule has 4 heteroatoms. The molecule has 0 saturated heterocycles. The number of nitrogen functional groups attached to an aromatic ring is 1. The smallest absolute Gasteiger partial charge is 0.143 e. The Morgan fingerprint density at radius 2 is 1.94 bits per heavy atom. The van der Waals surface area contributed by atoms with E-state index in [1.807, 2.05) is 41.9 Å². The first-order chi connectivity index (χ1) is 8.66. The summed E-state index contributed by atoms with van der Waals surface area (Å²) in [5.74, 6) is 0.830. The molecule has 18 heavy (non-hydrogen) atoms. The molecule has 3 aromatic rings. The molecule has 0 aliphatic carbocycles. The van der Waals surface area contributed by atoms with Crippen LogP contribution in [0.25, 0.3) is 22.4 Å². The van der Waals surface area contributed by atoms with E-state index in [9.17, 15) is 0 Å². The highest BCUT2D eigenvalue weighted by Gasteiger charge is 2.12. The second-order valence-corrected chi connectivity index (χ2v) is 4.65. The largest absolute Gasteiger partial charge is 0.398 e. The number of fused-ring (bicyclic) bond motifs is 1. The van der Waals surface area contributed by atoms with Gasteiger partial charge in [-0.2, -0.15) is 0 Å². The standard InChI is InChI=1S/C14H12ClN3/c1-18-13-5-3-2-4-12(13)17-14(18)10-8-9(15)6-7-11(10)16/h2-8H,16H2,1H3. The van der Waals surface area contributed by atoms with Crippen LogP contribution in [0.2, 0.25) is 5.02 Å². The maximum atomic E-state index is 6.03. The maximum absolute atomic E-state index is 6.03. The molecule has 1 heterocycles. The van der Waals surface area contributed by atoms with Crippen molar-refractivity contribution in [3.8, 4) is 11.4 Å². The average Bonchev–Trinajstić information content (AvgIpc) is 2.71. The van der Waals surface area contributed by atoms with Crippen molar-refractivity contribution in [2.24, 2.45) is 7.05 Å². The molecule has 3 rings (SSSR count). The first-order valence-corrected chi connectivity index (χ1v) is 6.01. The van der Waals surface area contributed by atoms with Gasteiger partial charge >= 0.3 is 0 Å². The summed E-state index contributed by atoms with van der Waals surface area (Å²) in [5.41, 5.74) is 9.57. The van der Waals surface area contributed by atoms with Crippen molar-refractivity contribution >= 4 is 28.3 Å². The molecular formula is C14H12ClN3. The van der Waals surface area contributed by atoms with E-state index < -0.39 is 0 Å². The maximum Gasteiger partial charge on any atom is 0.143 e. The van der Waals surface area contributed by atoms with Crippen LogP contribution in [-0.2, 0) is 7.05 Å². The van der Waals surface area contributed by atoms with Crippen LogP contribution in [0.5, 0.6) is 0 Å². The van der Waals surface area contributed by atoms with Crippen LogP contribution in [0.1, 0.15) is 0 Å². The Bertz CT molecular complexity index is 731. The number of hydrogen-bond acceptors (Lipinski definition) is 2. The van der Waals surface area contributed by atoms with Gasteiger partial charge in [-0.15, -0.1) is 0 Å². The van der Waals surface area contributed by atoms with Crippen LogP contribution in [-0.4, -0.2) is 9.55 Å². The zero-order valence-electron chi connectivity index (χ0n) is 9.89. The van der Waals surface area contributed by atoms with E-state index in [1.165, 1.54) is 0 Å². The van der Waals surface area contributed by atoms with Gasteiger partial charge in [0.1, 0.15) is 5.82 Å². The van der Waals surface area contributed by atoms with E-state index >= 15 is 0 Å². The van der Waals surface area contributed by atoms with E-state index in [2.05, 4.69) is 4.98 Å². The van der Waals surface area contributed by atoms with E-state index in [4.69, 9.17) is 17.3 Å². The normalized spacial score (nSPS) is 11.0. The number of imidazole rings is 1. The first-order valence-electron chi connectivity index (χ1n) is 5.63. The molecule has 0 saturated carbocycles. The minimum Gasteiger partial charge on any atom is -0.398 e. The van der Waals surface area contributed by atoms with E-state index in [-0.39, 0.29) is 0 Å². The molecule has 1 aromatic heterocycles. The number of para-hydroxylation sites is 2. The molecule has 0 bridgehead atoms. The van der Waals surface area contributed by atoms with Crippen LogP contribution < -0.4 is 5.73 Å². The molecule has 90 valence electrons. The predicted molar refractivity (Wildman–Crippen MR) is 75.6 cm³/mol. The number of hydrogen-bond donors (Lipinski definition) is 1. The quantitative estimate of drug-likeness (QED) is 0.679. The monoisotopic (exact) mass is 257 g/mol. The van der Waals surface area contributed by atoms with Crippen molar-refractivity contribution < 1.29 is 0 Å². The number of aromatic nitrogens is 2. The lowest BCUT2D eigenvalue weighted by molar-refractivity contribution is 0.960. The summed E-state index contributed by atoms with van der Waals surface area (Å²) in [4.78, 5) is 4.61. The molecule has 2 N–H and O–H groups in total. The Morgan fingerprint density at radius 3 is 2.72 bits per heavy atom. The lowest BCUT2D eigenvalue weighted by atomic mass is 10.1. The summed E-state index contributed by atoms with van der Waals surface area (Å²) in [6, 6.07) is 13.4. The molecule has 0 aliphatic heterocycles.